The minimum absolute atomic E-state index is 0.0352. The molecule has 0 aliphatic carbocycles. The predicted octanol–water partition coefficient (Wildman–Crippen LogP) is 5.35. The third kappa shape index (κ3) is 4.25. The molecular weight excluding hydrogens is 436 g/mol. The molecule has 0 radical (unpaired) electrons. The Kier molecular flexibility index (Phi) is 5.76. The standard InChI is InChI=1S/C20H17Cl3FN5/c1-12-11-28(19-14(21)3-2-6-25-19)7-8-29(12)18-10-17(26-20(23)27-18)13-4-5-16(24)15(22)9-13/h2-6,9-10,12H,7-8,11H2,1H3. The fraction of sp³-hybridized carbons (Fsp3) is 0.250. The van der Waals surface area contributed by atoms with Crippen LogP contribution in [-0.2, 0) is 0 Å². The number of aromatic nitrogens is 3. The van der Waals surface area contributed by atoms with Crippen LogP contribution in [0.3, 0.4) is 0 Å². The molecule has 1 atom stereocenters. The Hall–Kier alpha value is -2.15. The summed E-state index contributed by atoms with van der Waals surface area (Å²) in [6.07, 6.45) is 1.74. The van der Waals surface area contributed by atoms with Crippen molar-refractivity contribution in [1.82, 2.24) is 15.0 Å². The van der Waals surface area contributed by atoms with Crippen molar-refractivity contribution >= 4 is 46.4 Å². The monoisotopic (exact) mass is 451 g/mol. The Morgan fingerprint density at radius 2 is 1.86 bits per heavy atom. The number of pyridine rings is 1. The van der Waals surface area contributed by atoms with E-state index in [9.17, 15) is 4.39 Å². The molecule has 1 aliphatic rings. The van der Waals surface area contributed by atoms with Gasteiger partial charge in [0.2, 0.25) is 5.28 Å². The van der Waals surface area contributed by atoms with Crippen LogP contribution < -0.4 is 9.80 Å². The molecule has 0 saturated carbocycles. The Morgan fingerprint density at radius 1 is 1.03 bits per heavy atom. The number of hydrogen-bond donors (Lipinski definition) is 0. The highest BCUT2D eigenvalue weighted by Gasteiger charge is 2.27. The molecule has 1 fully saturated rings. The number of nitrogens with zero attached hydrogens (tertiary/aromatic N) is 5. The molecule has 1 unspecified atom stereocenters. The van der Waals surface area contributed by atoms with E-state index in [-0.39, 0.29) is 16.3 Å². The molecule has 5 nitrogen and oxygen atoms in total. The van der Waals surface area contributed by atoms with Crippen LogP contribution in [0.15, 0.2) is 42.6 Å². The van der Waals surface area contributed by atoms with Gasteiger partial charge < -0.3 is 9.80 Å². The van der Waals surface area contributed by atoms with E-state index in [0.717, 1.165) is 18.9 Å². The first-order chi connectivity index (χ1) is 13.9. The Balaban J connectivity index is 1.60. The van der Waals surface area contributed by atoms with Crippen molar-refractivity contribution in [2.45, 2.75) is 13.0 Å². The van der Waals surface area contributed by atoms with Crippen LogP contribution in [0.1, 0.15) is 6.92 Å². The summed E-state index contributed by atoms with van der Waals surface area (Å²) in [6, 6.07) is 10.1. The third-order valence-electron chi connectivity index (χ3n) is 4.86. The molecule has 3 heterocycles. The van der Waals surface area contributed by atoms with Crippen LogP contribution in [0.4, 0.5) is 16.0 Å². The second-order valence-corrected chi connectivity index (χ2v) is 7.96. The van der Waals surface area contributed by atoms with Crippen molar-refractivity contribution in [2.24, 2.45) is 0 Å². The van der Waals surface area contributed by atoms with Crippen molar-refractivity contribution in [1.29, 1.82) is 0 Å². The molecule has 0 N–H and O–H groups in total. The van der Waals surface area contributed by atoms with Gasteiger partial charge in [-0.1, -0.05) is 23.2 Å². The van der Waals surface area contributed by atoms with E-state index < -0.39 is 5.82 Å². The highest BCUT2D eigenvalue weighted by molar-refractivity contribution is 6.33. The fourth-order valence-corrected chi connectivity index (χ4v) is 4.06. The number of benzene rings is 1. The van der Waals surface area contributed by atoms with Gasteiger partial charge in [-0.3, -0.25) is 0 Å². The highest BCUT2D eigenvalue weighted by atomic mass is 35.5. The van der Waals surface area contributed by atoms with E-state index in [0.29, 0.717) is 28.6 Å². The lowest BCUT2D eigenvalue weighted by molar-refractivity contribution is 0.542. The summed E-state index contributed by atoms with van der Waals surface area (Å²) in [5.74, 6) is 1.01. The van der Waals surface area contributed by atoms with Gasteiger partial charge in [-0.05, 0) is 48.9 Å². The molecule has 2 aromatic heterocycles. The van der Waals surface area contributed by atoms with E-state index in [1.165, 1.54) is 12.1 Å². The lowest BCUT2D eigenvalue weighted by atomic mass is 10.1. The van der Waals surface area contributed by atoms with E-state index in [1.54, 1.807) is 12.3 Å². The largest absolute Gasteiger partial charge is 0.352 e. The SMILES string of the molecule is CC1CN(c2ncccc2Cl)CCN1c1cc(-c2ccc(F)c(Cl)c2)nc(Cl)n1. The molecule has 0 amide bonds. The van der Waals surface area contributed by atoms with Gasteiger partial charge in [0.15, 0.2) is 0 Å². The van der Waals surface area contributed by atoms with E-state index in [1.807, 2.05) is 18.2 Å². The summed E-state index contributed by atoms with van der Waals surface area (Å²) in [6.45, 7) is 4.29. The molecule has 1 aliphatic heterocycles. The van der Waals surface area contributed by atoms with Crippen molar-refractivity contribution in [3.63, 3.8) is 0 Å². The zero-order valence-electron chi connectivity index (χ0n) is 15.5. The number of halogens is 4. The second kappa shape index (κ2) is 8.30. The smallest absolute Gasteiger partial charge is 0.224 e. The highest BCUT2D eigenvalue weighted by Crippen LogP contribution is 2.30. The van der Waals surface area contributed by atoms with Crippen molar-refractivity contribution in [3.8, 4) is 11.3 Å². The second-order valence-electron chi connectivity index (χ2n) is 6.81. The first-order valence-corrected chi connectivity index (χ1v) is 10.2. The number of hydrogen-bond acceptors (Lipinski definition) is 5. The topological polar surface area (TPSA) is 45.2 Å². The molecule has 4 rings (SSSR count). The van der Waals surface area contributed by atoms with Crippen LogP contribution in [0.2, 0.25) is 15.3 Å². The van der Waals surface area contributed by atoms with Crippen molar-refractivity contribution in [2.75, 3.05) is 29.4 Å². The van der Waals surface area contributed by atoms with Gasteiger partial charge in [0.25, 0.3) is 0 Å². The molecule has 3 aromatic rings. The van der Waals surface area contributed by atoms with Gasteiger partial charge >= 0.3 is 0 Å². The summed E-state index contributed by atoms with van der Waals surface area (Å²) in [7, 11) is 0. The average molecular weight is 453 g/mol. The van der Waals surface area contributed by atoms with Gasteiger partial charge in [-0.2, -0.15) is 0 Å². The van der Waals surface area contributed by atoms with E-state index >= 15 is 0 Å². The normalized spacial score (nSPS) is 16.9. The zero-order valence-corrected chi connectivity index (χ0v) is 17.8. The molecule has 9 heteroatoms. The Labute approximate surface area is 183 Å². The summed E-state index contributed by atoms with van der Waals surface area (Å²) < 4.78 is 13.5. The maximum absolute atomic E-state index is 13.5. The summed E-state index contributed by atoms with van der Waals surface area (Å²) in [5, 5.41) is 0.794. The summed E-state index contributed by atoms with van der Waals surface area (Å²) in [5.41, 5.74) is 1.26. The van der Waals surface area contributed by atoms with Crippen molar-refractivity contribution < 1.29 is 4.39 Å². The Bertz CT molecular complexity index is 1050. The first-order valence-electron chi connectivity index (χ1n) is 9.04. The number of rotatable bonds is 3. The van der Waals surface area contributed by atoms with Gasteiger partial charge in [0, 0.05) is 43.5 Å². The maximum Gasteiger partial charge on any atom is 0.224 e. The molecule has 150 valence electrons. The minimum atomic E-state index is -0.478. The lowest BCUT2D eigenvalue weighted by Crippen LogP contribution is -2.52. The maximum atomic E-state index is 13.5. The third-order valence-corrected chi connectivity index (χ3v) is 5.61. The van der Waals surface area contributed by atoms with Gasteiger partial charge in [0.1, 0.15) is 17.5 Å². The van der Waals surface area contributed by atoms with Crippen LogP contribution in [0.5, 0.6) is 0 Å². The minimum Gasteiger partial charge on any atom is -0.352 e. The summed E-state index contributed by atoms with van der Waals surface area (Å²) >= 11 is 18.4. The van der Waals surface area contributed by atoms with Crippen LogP contribution in [0, 0.1) is 5.82 Å². The van der Waals surface area contributed by atoms with Crippen molar-refractivity contribution in [3.05, 3.63) is 63.7 Å². The molecule has 0 bridgehead atoms. The number of anilines is 2. The molecule has 0 spiro atoms. The average Bonchev–Trinajstić information content (AvgIpc) is 2.70. The zero-order chi connectivity index (χ0) is 20.5. The summed E-state index contributed by atoms with van der Waals surface area (Å²) in [4.78, 5) is 17.4. The van der Waals surface area contributed by atoms with E-state index in [2.05, 4.69) is 31.7 Å². The first kappa shape index (κ1) is 20.1. The molecule has 29 heavy (non-hydrogen) atoms. The quantitative estimate of drug-likeness (QED) is 0.501. The fourth-order valence-electron chi connectivity index (χ4n) is 3.46. The van der Waals surface area contributed by atoms with Gasteiger partial charge in [0.05, 0.1) is 15.7 Å². The number of piperazine rings is 1. The van der Waals surface area contributed by atoms with E-state index in [4.69, 9.17) is 34.8 Å². The van der Waals surface area contributed by atoms with Gasteiger partial charge in [-0.15, -0.1) is 0 Å². The van der Waals surface area contributed by atoms with Gasteiger partial charge in [-0.25, -0.2) is 19.3 Å². The molecule has 1 aromatic carbocycles. The van der Waals surface area contributed by atoms with Crippen LogP contribution in [0.25, 0.3) is 11.3 Å². The predicted molar refractivity (Wildman–Crippen MR) is 116 cm³/mol. The van der Waals surface area contributed by atoms with Crippen LogP contribution >= 0.6 is 34.8 Å². The Morgan fingerprint density at radius 3 is 2.59 bits per heavy atom. The van der Waals surface area contributed by atoms with Crippen LogP contribution in [-0.4, -0.2) is 40.6 Å². The lowest BCUT2D eigenvalue weighted by Gasteiger charge is -2.41. The molecular formula is C20H17Cl3FN5. The molecule has 1 saturated heterocycles.